The molecule has 1 aromatic rings. The van der Waals surface area contributed by atoms with Gasteiger partial charge in [0.15, 0.2) is 0 Å². The zero-order valence-corrected chi connectivity index (χ0v) is 13.2. The number of hydrogen-bond donors (Lipinski definition) is 1. The number of aliphatic hydroxyl groups excluding tert-OH is 1. The van der Waals surface area contributed by atoms with Crippen LogP contribution in [0.15, 0.2) is 22.7 Å². The fourth-order valence-electron chi connectivity index (χ4n) is 2.51. The summed E-state index contributed by atoms with van der Waals surface area (Å²) in [7, 11) is 2.12. The summed E-state index contributed by atoms with van der Waals surface area (Å²) in [5, 5.41) is 9.59. The van der Waals surface area contributed by atoms with Crippen molar-refractivity contribution in [1.29, 1.82) is 0 Å². The second-order valence-corrected chi connectivity index (χ2v) is 6.18. The minimum absolute atomic E-state index is 0.425. The first-order valence-corrected chi connectivity index (χ1v) is 7.63. The molecule has 1 unspecified atom stereocenters. The standard InChI is InChI=1S/C15H22BrNO2/c1-11(18)13-3-4-15(14(16)9-13)17(2)10-12-5-7-19-8-6-12/h3-4,9,11-12,18H,5-8,10H2,1-2H3. The molecule has 19 heavy (non-hydrogen) atoms. The largest absolute Gasteiger partial charge is 0.389 e. The van der Waals surface area contributed by atoms with Gasteiger partial charge in [0, 0.05) is 31.3 Å². The van der Waals surface area contributed by atoms with Gasteiger partial charge in [0.1, 0.15) is 0 Å². The van der Waals surface area contributed by atoms with E-state index >= 15 is 0 Å². The van der Waals surface area contributed by atoms with Gasteiger partial charge in [0.05, 0.1) is 11.8 Å². The van der Waals surface area contributed by atoms with Crippen molar-refractivity contribution >= 4 is 21.6 Å². The number of nitrogens with zero attached hydrogens (tertiary/aromatic N) is 1. The maximum Gasteiger partial charge on any atom is 0.0762 e. The van der Waals surface area contributed by atoms with Crippen molar-refractivity contribution < 1.29 is 9.84 Å². The van der Waals surface area contributed by atoms with E-state index in [1.165, 1.54) is 5.69 Å². The van der Waals surface area contributed by atoms with Crippen LogP contribution in [-0.4, -0.2) is 31.9 Å². The van der Waals surface area contributed by atoms with Crippen LogP contribution in [0.25, 0.3) is 0 Å². The molecule has 3 nitrogen and oxygen atoms in total. The molecule has 1 saturated heterocycles. The topological polar surface area (TPSA) is 32.7 Å². The van der Waals surface area contributed by atoms with Gasteiger partial charge in [-0.05, 0) is 59.3 Å². The van der Waals surface area contributed by atoms with Crippen molar-refractivity contribution in [3.8, 4) is 0 Å². The molecule has 0 spiro atoms. The summed E-state index contributed by atoms with van der Waals surface area (Å²) in [6.45, 7) is 4.62. The van der Waals surface area contributed by atoms with E-state index in [-0.39, 0.29) is 0 Å². The zero-order valence-electron chi connectivity index (χ0n) is 11.6. The molecule has 0 radical (unpaired) electrons. The molecule has 1 heterocycles. The van der Waals surface area contributed by atoms with Gasteiger partial charge in [0.2, 0.25) is 0 Å². The van der Waals surface area contributed by atoms with E-state index in [9.17, 15) is 5.11 Å². The Hall–Kier alpha value is -0.580. The van der Waals surface area contributed by atoms with Crippen LogP contribution in [0.1, 0.15) is 31.4 Å². The van der Waals surface area contributed by atoms with Crippen molar-refractivity contribution in [2.24, 2.45) is 5.92 Å². The Morgan fingerprint density at radius 3 is 2.68 bits per heavy atom. The quantitative estimate of drug-likeness (QED) is 0.920. The highest BCUT2D eigenvalue weighted by Crippen LogP contribution is 2.30. The van der Waals surface area contributed by atoms with Crippen molar-refractivity contribution in [2.75, 3.05) is 31.7 Å². The lowest BCUT2D eigenvalue weighted by atomic mass is 9.99. The SMILES string of the molecule is CC(O)c1ccc(N(C)CC2CCOCC2)c(Br)c1. The second-order valence-electron chi connectivity index (χ2n) is 5.32. The van der Waals surface area contributed by atoms with E-state index in [2.05, 4.69) is 33.9 Å². The molecule has 1 aliphatic heterocycles. The number of anilines is 1. The lowest BCUT2D eigenvalue weighted by Gasteiger charge is -2.29. The van der Waals surface area contributed by atoms with Crippen LogP contribution >= 0.6 is 15.9 Å². The van der Waals surface area contributed by atoms with E-state index in [1.807, 2.05) is 12.1 Å². The van der Waals surface area contributed by atoms with E-state index in [0.29, 0.717) is 5.92 Å². The van der Waals surface area contributed by atoms with Crippen molar-refractivity contribution in [2.45, 2.75) is 25.9 Å². The van der Waals surface area contributed by atoms with Gasteiger partial charge in [-0.3, -0.25) is 0 Å². The summed E-state index contributed by atoms with van der Waals surface area (Å²) in [6, 6.07) is 6.07. The predicted molar refractivity (Wildman–Crippen MR) is 81.6 cm³/mol. The highest BCUT2D eigenvalue weighted by molar-refractivity contribution is 9.10. The van der Waals surface area contributed by atoms with Crippen LogP contribution in [-0.2, 0) is 4.74 Å². The number of aliphatic hydroxyl groups is 1. The Kier molecular flexibility index (Phi) is 5.25. The minimum Gasteiger partial charge on any atom is -0.389 e. The molecular weight excluding hydrogens is 306 g/mol. The van der Waals surface area contributed by atoms with Crippen LogP contribution < -0.4 is 4.90 Å². The van der Waals surface area contributed by atoms with Crippen LogP contribution in [0, 0.1) is 5.92 Å². The summed E-state index contributed by atoms with van der Waals surface area (Å²) < 4.78 is 6.44. The Labute approximate surface area is 123 Å². The first-order valence-electron chi connectivity index (χ1n) is 6.84. The highest BCUT2D eigenvalue weighted by Gasteiger charge is 2.17. The maximum absolute atomic E-state index is 9.59. The molecule has 0 saturated carbocycles. The molecule has 4 heteroatoms. The van der Waals surface area contributed by atoms with Gasteiger partial charge in [-0.1, -0.05) is 6.07 Å². The van der Waals surface area contributed by atoms with Gasteiger partial charge in [-0.2, -0.15) is 0 Å². The van der Waals surface area contributed by atoms with Gasteiger partial charge in [-0.15, -0.1) is 0 Å². The fourth-order valence-corrected chi connectivity index (χ4v) is 3.21. The third-order valence-electron chi connectivity index (χ3n) is 3.74. The van der Waals surface area contributed by atoms with E-state index < -0.39 is 6.10 Å². The molecule has 0 aromatic heterocycles. The summed E-state index contributed by atoms with van der Waals surface area (Å²) in [4.78, 5) is 2.28. The van der Waals surface area contributed by atoms with Crippen LogP contribution in [0.4, 0.5) is 5.69 Å². The van der Waals surface area contributed by atoms with Gasteiger partial charge >= 0.3 is 0 Å². The molecule has 0 amide bonds. The molecular formula is C15H22BrNO2. The third-order valence-corrected chi connectivity index (χ3v) is 4.37. The van der Waals surface area contributed by atoms with Crippen LogP contribution in [0.5, 0.6) is 0 Å². The van der Waals surface area contributed by atoms with Crippen molar-refractivity contribution in [1.82, 2.24) is 0 Å². The molecule has 1 aromatic carbocycles. The number of hydrogen-bond acceptors (Lipinski definition) is 3. The predicted octanol–water partition coefficient (Wildman–Crippen LogP) is 3.37. The number of halogens is 1. The number of rotatable bonds is 4. The van der Waals surface area contributed by atoms with Gasteiger partial charge < -0.3 is 14.7 Å². The molecule has 1 aliphatic rings. The summed E-state index contributed by atoms with van der Waals surface area (Å²) in [5.74, 6) is 0.710. The molecule has 1 atom stereocenters. The fraction of sp³-hybridized carbons (Fsp3) is 0.600. The van der Waals surface area contributed by atoms with E-state index in [1.54, 1.807) is 6.92 Å². The minimum atomic E-state index is -0.425. The smallest absolute Gasteiger partial charge is 0.0762 e. The molecule has 0 aliphatic carbocycles. The third kappa shape index (κ3) is 3.94. The second kappa shape index (κ2) is 6.73. The Morgan fingerprint density at radius 1 is 1.42 bits per heavy atom. The molecule has 1 N–H and O–H groups in total. The van der Waals surface area contributed by atoms with Crippen molar-refractivity contribution in [3.05, 3.63) is 28.2 Å². The molecule has 1 fully saturated rings. The average Bonchev–Trinajstić information content (AvgIpc) is 2.39. The molecule has 106 valence electrons. The number of ether oxygens (including phenoxy) is 1. The Bertz CT molecular complexity index is 417. The van der Waals surface area contributed by atoms with Gasteiger partial charge in [-0.25, -0.2) is 0 Å². The Morgan fingerprint density at radius 2 is 2.11 bits per heavy atom. The molecule has 2 rings (SSSR count). The average molecular weight is 328 g/mol. The lowest BCUT2D eigenvalue weighted by molar-refractivity contribution is 0.0685. The van der Waals surface area contributed by atoms with Crippen LogP contribution in [0.3, 0.4) is 0 Å². The summed E-state index contributed by atoms with van der Waals surface area (Å²) in [6.07, 6.45) is 1.87. The maximum atomic E-state index is 9.59. The lowest BCUT2D eigenvalue weighted by Crippen LogP contribution is -2.29. The first kappa shape index (κ1) is 14.8. The van der Waals surface area contributed by atoms with Crippen LogP contribution in [0.2, 0.25) is 0 Å². The first-order chi connectivity index (χ1) is 9.08. The van der Waals surface area contributed by atoms with Crippen molar-refractivity contribution in [3.63, 3.8) is 0 Å². The summed E-state index contributed by atoms with van der Waals surface area (Å²) >= 11 is 3.60. The monoisotopic (exact) mass is 327 g/mol. The normalized spacial score (nSPS) is 18.3. The molecule has 0 bridgehead atoms. The number of benzene rings is 1. The van der Waals surface area contributed by atoms with E-state index in [4.69, 9.17) is 4.74 Å². The summed E-state index contributed by atoms with van der Waals surface area (Å²) in [5.41, 5.74) is 2.12. The zero-order chi connectivity index (χ0) is 13.8. The van der Waals surface area contributed by atoms with Gasteiger partial charge in [0.25, 0.3) is 0 Å². The Balaban J connectivity index is 2.03. The highest BCUT2D eigenvalue weighted by atomic mass is 79.9. The van der Waals surface area contributed by atoms with E-state index in [0.717, 1.165) is 42.6 Å².